The fourth-order valence-corrected chi connectivity index (χ4v) is 2.28. The number of ether oxygens (including phenoxy) is 1. The van der Waals surface area contributed by atoms with Crippen LogP contribution >= 0.6 is 24.0 Å². The van der Waals surface area contributed by atoms with Gasteiger partial charge in [-0.3, -0.25) is 4.99 Å². The first-order valence-electron chi connectivity index (χ1n) is 8.15. The highest BCUT2D eigenvalue weighted by atomic mass is 127. The van der Waals surface area contributed by atoms with Crippen molar-refractivity contribution in [2.24, 2.45) is 4.99 Å². The summed E-state index contributed by atoms with van der Waals surface area (Å²) in [5.41, 5.74) is 1.61. The molecule has 5 nitrogen and oxygen atoms in total. The number of aliphatic imine (C=N–C) groups is 1. The highest BCUT2D eigenvalue weighted by Gasteiger charge is 2.27. The van der Waals surface area contributed by atoms with Crippen LogP contribution in [-0.4, -0.2) is 32.3 Å². The minimum absolute atomic E-state index is 0. The largest absolute Gasteiger partial charge is 0.469 e. The molecular weight excluding hydrogens is 474 g/mol. The Hall–Kier alpha value is -1.75. The molecule has 0 fully saturated rings. The summed E-state index contributed by atoms with van der Waals surface area (Å²) in [6.45, 7) is -0.169. The Morgan fingerprint density at radius 3 is 2.59 bits per heavy atom. The van der Waals surface area contributed by atoms with Gasteiger partial charge in [0, 0.05) is 26.6 Å². The number of rotatable bonds is 8. The van der Waals surface area contributed by atoms with Crippen molar-refractivity contribution >= 4 is 29.9 Å². The molecule has 1 aromatic carbocycles. The average Bonchev–Trinajstić information content (AvgIpc) is 3.10. The Bertz CT molecular complexity index is 691. The normalized spacial score (nSPS) is 11.8. The molecule has 0 aliphatic rings. The zero-order valence-corrected chi connectivity index (χ0v) is 17.2. The number of halogens is 4. The molecule has 0 spiro atoms. The summed E-state index contributed by atoms with van der Waals surface area (Å²) in [5.74, 6) is 1.52. The lowest BCUT2D eigenvalue weighted by Crippen LogP contribution is -2.37. The number of nitrogens with one attached hydrogen (secondary N) is 2. The van der Waals surface area contributed by atoms with Crippen LogP contribution in [0.1, 0.15) is 16.9 Å². The highest BCUT2D eigenvalue weighted by Crippen LogP contribution is 2.16. The van der Waals surface area contributed by atoms with Crippen molar-refractivity contribution in [3.63, 3.8) is 0 Å². The van der Waals surface area contributed by atoms with E-state index in [0.717, 1.165) is 17.7 Å². The van der Waals surface area contributed by atoms with Gasteiger partial charge < -0.3 is 19.8 Å². The summed E-state index contributed by atoms with van der Waals surface area (Å²) in [6.07, 6.45) is -1.94. The molecule has 1 heterocycles. The van der Waals surface area contributed by atoms with Crippen molar-refractivity contribution in [1.29, 1.82) is 0 Å². The van der Waals surface area contributed by atoms with Crippen LogP contribution < -0.4 is 10.6 Å². The smallest absolute Gasteiger partial charge is 0.411 e. The summed E-state index contributed by atoms with van der Waals surface area (Å²) in [6, 6.07) is 11.0. The van der Waals surface area contributed by atoms with Crippen molar-refractivity contribution in [1.82, 2.24) is 10.6 Å². The van der Waals surface area contributed by atoms with Crippen molar-refractivity contribution in [3.05, 3.63) is 59.5 Å². The molecule has 150 valence electrons. The van der Waals surface area contributed by atoms with Crippen molar-refractivity contribution in [2.45, 2.75) is 25.7 Å². The van der Waals surface area contributed by atoms with E-state index in [4.69, 9.17) is 4.42 Å². The van der Waals surface area contributed by atoms with E-state index in [-0.39, 0.29) is 30.6 Å². The lowest BCUT2D eigenvalue weighted by Gasteiger charge is -2.12. The maximum atomic E-state index is 12.1. The SMILES string of the molecule is CN=C(NCCc1ccco1)NCc1cccc(COCC(F)(F)F)c1.I. The number of hydrogen-bond acceptors (Lipinski definition) is 3. The molecule has 2 aromatic rings. The molecule has 2 N–H and O–H groups in total. The zero-order chi connectivity index (χ0) is 18.8. The minimum atomic E-state index is -4.31. The van der Waals surface area contributed by atoms with E-state index in [1.54, 1.807) is 31.5 Å². The van der Waals surface area contributed by atoms with Crippen LogP contribution in [0.2, 0.25) is 0 Å². The summed E-state index contributed by atoms with van der Waals surface area (Å²) < 4.78 is 46.3. The molecule has 0 amide bonds. The van der Waals surface area contributed by atoms with Crippen LogP contribution in [-0.2, 0) is 24.3 Å². The third-order valence-electron chi connectivity index (χ3n) is 3.45. The predicted molar refractivity (Wildman–Crippen MR) is 108 cm³/mol. The van der Waals surface area contributed by atoms with Gasteiger partial charge in [0.05, 0.1) is 12.9 Å². The second-order valence-corrected chi connectivity index (χ2v) is 5.61. The lowest BCUT2D eigenvalue weighted by molar-refractivity contribution is -0.176. The molecular formula is C18H23F3IN3O2. The Labute approximate surface area is 173 Å². The van der Waals surface area contributed by atoms with Gasteiger partial charge in [0.1, 0.15) is 12.4 Å². The monoisotopic (exact) mass is 497 g/mol. The number of furan rings is 1. The van der Waals surface area contributed by atoms with E-state index >= 15 is 0 Å². The molecule has 1 aromatic heterocycles. The Balaban J connectivity index is 0.00000364. The third kappa shape index (κ3) is 9.66. The van der Waals surface area contributed by atoms with E-state index in [0.29, 0.717) is 24.6 Å². The first-order chi connectivity index (χ1) is 12.5. The van der Waals surface area contributed by atoms with Gasteiger partial charge in [-0.1, -0.05) is 24.3 Å². The van der Waals surface area contributed by atoms with Crippen molar-refractivity contribution in [3.8, 4) is 0 Å². The van der Waals surface area contributed by atoms with Crippen LogP contribution in [0.15, 0.2) is 52.1 Å². The van der Waals surface area contributed by atoms with Crippen LogP contribution in [0.4, 0.5) is 13.2 Å². The van der Waals surface area contributed by atoms with E-state index in [1.807, 2.05) is 18.2 Å². The van der Waals surface area contributed by atoms with Gasteiger partial charge in [-0.25, -0.2) is 0 Å². The molecule has 0 radical (unpaired) electrons. The third-order valence-corrected chi connectivity index (χ3v) is 3.45. The molecule has 9 heteroatoms. The number of benzene rings is 1. The van der Waals surface area contributed by atoms with Crippen LogP contribution in [0, 0.1) is 0 Å². The van der Waals surface area contributed by atoms with Crippen LogP contribution in [0.5, 0.6) is 0 Å². The summed E-state index contributed by atoms with van der Waals surface area (Å²) in [7, 11) is 1.67. The highest BCUT2D eigenvalue weighted by molar-refractivity contribution is 14.0. The zero-order valence-electron chi connectivity index (χ0n) is 14.9. The van der Waals surface area contributed by atoms with Gasteiger partial charge in [0.15, 0.2) is 5.96 Å². The Morgan fingerprint density at radius 1 is 1.15 bits per heavy atom. The summed E-state index contributed by atoms with van der Waals surface area (Å²) >= 11 is 0. The standard InChI is InChI=1S/C18H22F3N3O2.HI/c1-22-17(23-8-7-16-6-3-9-26-16)24-11-14-4-2-5-15(10-14)12-25-13-18(19,20)21;/h2-6,9-10H,7-8,11-13H2,1H3,(H2,22,23,24);1H. The second kappa shape index (κ2) is 11.9. The van der Waals surface area contributed by atoms with Crippen LogP contribution in [0.25, 0.3) is 0 Å². The molecule has 0 saturated heterocycles. The Morgan fingerprint density at radius 2 is 1.93 bits per heavy atom. The molecule has 0 aliphatic heterocycles. The number of hydrogen-bond donors (Lipinski definition) is 2. The first-order valence-corrected chi connectivity index (χ1v) is 8.15. The number of guanidine groups is 1. The Kier molecular flexibility index (Phi) is 10.2. The van der Waals surface area contributed by atoms with Gasteiger partial charge in [-0.15, -0.1) is 24.0 Å². The topological polar surface area (TPSA) is 58.8 Å². The fraction of sp³-hybridized carbons (Fsp3) is 0.389. The molecule has 0 atom stereocenters. The van der Waals surface area contributed by atoms with E-state index < -0.39 is 12.8 Å². The lowest BCUT2D eigenvalue weighted by atomic mass is 10.1. The fourth-order valence-electron chi connectivity index (χ4n) is 2.28. The molecule has 27 heavy (non-hydrogen) atoms. The minimum Gasteiger partial charge on any atom is -0.469 e. The van der Waals surface area contributed by atoms with Crippen molar-refractivity contribution < 1.29 is 22.3 Å². The number of nitrogens with zero attached hydrogens (tertiary/aromatic N) is 1. The number of alkyl halides is 3. The van der Waals surface area contributed by atoms with Gasteiger partial charge in [-0.2, -0.15) is 13.2 Å². The summed E-state index contributed by atoms with van der Waals surface area (Å²) in [4.78, 5) is 4.14. The van der Waals surface area contributed by atoms with Crippen molar-refractivity contribution in [2.75, 3.05) is 20.2 Å². The molecule has 0 aliphatic carbocycles. The second-order valence-electron chi connectivity index (χ2n) is 5.61. The molecule has 0 saturated carbocycles. The average molecular weight is 497 g/mol. The first kappa shape index (κ1) is 23.3. The predicted octanol–water partition coefficient (Wildman–Crippen LogP) is 3.88. The quantitative estimate of drug-likeness (QED) is 0.330. The van der Waals surface area contributed by atoms with E-state index in [1.165, 1.54) is 0 Å². The van der Waals surface area contributed by atoms with Crippen LogP contribution in [0.3, 0.4) is 0 Å². The maximum absolute atomic E-state index is 12.1. The van der Waals surface area contributed by atoms with Gasteiger partial charge in [0.2, 0.25) is 0 Å². The molecule has 2 rings (SSSR count). The summed E-state index contributed by atoms with van der Waals surface area (Å²) in [5, 5.41) is 6.33. The van der Waals surface area contributed by atoms with Gasteiger partial charge in [0.25, 0.3) is 0 Å². The maximum Gasteiger partial charge on any atom is 0.411 e. The molecule has 0 unspecified atom stereocenters. The molecule has 0 bridgehead atoms. The van der Waals surface area contributed by atoms with E-state index in [2.05, 4.69) is 20.4 Å². The van der Waals surface area contributed by atoms with Gasteiger partial charge in [-0.05, 0) is 23.3 Å². The van der Waals surface area contributed by atoms with Gasteiger partial charge >= 0.3 is 6.18 Å². The van der Waals surface area contributed by atoms with E-state index in [9.17, 15) is 13.2 Å².